The molecule has 0 fully saturated rings. The molecule has 0 aliphatic rings. The third kappa shape index (κ3) is 4.10. The number of rotatable bonds is 6. The van der Waals surface area contributed by atoms with Crippen LogP contribution in [0.5, 0.6) is 0 Å². The van der Waals surface area contributed by atoms with E-state index in [1.54, 1.807) is 6.20 Å². The van der Waals surface area contributed by atoms with Crippen LogP contribution in [0.1, 0.15) is 25.3 Å². The number of hydrogen-bond donors (Lipinski definition) is 2. The number of halogens is 1. The van der Waals surface area contributed by atoms with Crippen LogP contribution < -0.4 is 5.32 Å². The van der Waals surface area contributed by atoms with Gasteiger partial charge in [-0.3, -0.25) is 0 Å². The molecule has 1 aromatic heterocycles. The lowest BCUT2D eigenvalue weighted by Crippen LogP contribution is -2.08. The molecule has 0 saturated heterocycles. The SMILES string of the molecule is Cc1ccnc(NCCCC(C)CO)c1Br. The van der Waals surface area contributed by atoms with E-state index in [4.69, 9.17) is 5.11 Å². The van der Waals surface area contributed by atoms with Crippen molar-refractivity contribution in [1.29, 1.82) is 0 Å². The molecule has 4 heteroatoms. The summed E-state index contributed by atoms with van der Waals surface area (Å²) in [7, 11) is 0. The molecule has 1 heterocycles. The Kier molecular flexibility index (Phi) is 5.77. The molecule has 2 N–H and O–H groups in total. The molecule has 1 aromatic rings. The van der Waals surface area contributed by atoms with Crippen molar-refractivity contribution in [2.75, 3.05) is 18.5 Å². The summed E-state index contributed by atoms with van der Waals surface area (Å²) in [5.74, 6) is 1.28. The molecule has 1 rings (SSSR count). The fourth-order valence-electron chi connectivity index (χ4n) is 1.41. The second-order valence-electron chi connectivity index (χ2n) is 4.15. The minimum Gasteiger partial charge on any atom is -0.396 e. The lowest BCUT2D eigenvalue weighted by Gasteiger charge is -2.10. The van der Waals surface area contributed by atoms with E-state index in [0.29, 0.717) is 5.92 Å². The van der Waals surface area contributed by atoms with Crippen molar-refractivity contribution in [3.8, 4) is 0 Å². The van der Waals surface area contributed by atoms with Crippen LogP contribution in [-0.2, 0) is 0 Å². The zero-order chi connectivity index (χ0) is 12.0. The fourth-order valence-corrected chi connectivity index (χ4v) is 1.79. The maximum atomic E-state index is 8.89. The Morgan fingerprint density at radius 2 is 2.31 bits per heavy atom. The maximum absolute atomic E-state index is 8.89. The van der Waals surface area contributed by atoms with Gasteiger partial charge in [-0.05, 0) is 53.2 Å². The molecule has 0 spiro atoms. The lowest BCUT2D eigenvalue weighted by molar-refractivity contribution is 0.229. The van der Waals surface area contributed by atoms with Crippen molar-refractivity contribution in [3.05, 3.63) is 22.3 Å². The topological polar surface area (TPSA) is 45.2 Å². The Balaban J connectivity index is 2.35. The average molecular weight is 287 g/mol. The molecule has 0 radical (unpaired) electrons. The Hall–Kier alpha value is -0.610. The van der Waals surface area contributed by atoms with Crippen LogP contribution in [0.4, 0.5) is 5.82 Å². The van der Waals surface area contributed by atoms with Crippen LogP contribution >= 0.6 is 15.9 Å². The highest BCUT2D eigenvalue weighted by Gasteiger charge is 2.03. The predicted molar refractivity (Wildman–Crippen MR) is 70.6 cm³/mol. The van der Waals surface area contributed by atoms with Gasteiger partial charge in [-0.1, -0.05) is 6.92 Å². The first-order chi connectivity index (χ1) is 7.65. The summed E-state index contributed by atoms with van der Waals surface area (Å²) in [6.45, 7) is 5.26. The van der Waals surface area contributed by atoms with Crippen LogP contribution in [0.3, 0.4) is 0 Å². The summed E-state index contributed by atoms with van der Waals surface area (Å²) in [5, 5.41) is 12.2. The maximum Gasteiger partial charge on any atom is 0.140 e. The van der Waals surface area contributed by atoms with Crippen molar-refractivity contribution < 1.29 is 5.11 Å². The third-order valence-corrected chi connectivity index (χ3v) is 3.56. The van der Waals surface area contributed by atoms with E-state index in [-0.39, 0.29) is 6.61 Å². The van der Waals surface area contributed by atoms with Gasteiger partial charge in [-0.2, -0.15) is 0 Å². The fraction of sp³-hybridized carbons (Fsp3) is 0.583. The van der Waals surface area contributed by atoms with Crippen molar-refractivity contribution in [2.24, 2.45) is 5.92 Å². The van der Waals surface area contributed by atoms with Gasteiger partial charge in [0.15, 0.2) is 0 Å². The molecule has 16 heavy (non-hydrogen) atoms. The molecular weight excluding hydrogens is 268 g/mol. The lowest BCUT2D eigenvalue weighted by atomic mass is 10.1. The summed E-state index contributed by atoms with van der Waals surface area (Å²) in [6.07, 6.45) is 3.88. The second kappa shape index (κ2) is 6.86. The number of aliphatic hydroxyl groups is 1. The molecule has 0 aliphatic heterocycles. The normalized spacial score (nSPS) is 12.5. The highest BCUT2D eigenvalue weighted by atomic mass is 79.9. The second-order valence-corrected chi connectivity index (χ2v) is 4.94. The predicted octanol–water partition coefficient (Wildman–Crippen LogP) is 2.97. The largest absolute Gasteiger partial charge is 0.396 e. The van der Waals surface area contributed by atoms with E-state index >= 15 is 0 Å². The van der Waals surface area contributed by atoms with E-state index < -0.39 is 0 Å². The first kappa shape index (κ1) is 13.5. The van der Waals surface area contributed by atoms with Crippen LogP contribution in [0, 0.1) is 12.8 Å². The van der Waals surface area contributed by atoms with Crippen LogP contribution in [0.2, 0.25) is 0 Å². The number of aromatic nitrogens is 1. The van der Waals surface area contributed by atoms with E-state index in [2.05, 4.69) is 33.2 Å². The zero-order valence-electron chi connectivity index (χ0n) is 9.83. The molecule has 1 atom stereocenters. The Morgan fingerprint density at radius 1 is 1.56 bits per heavy atom. The van der Waals surface area contributed by atoms with Crippen molar-refractivity contribution in [2.45, 2.75) is 26.7 Å². The molecule has 90 valence electrons. The molecule has 0 aliphatic carbocycles. The van der Waals surface area contributed by atoms with Gasteiger partial charge in [0.25, 0.3) is 0 Å². The minimum absolute atomic E-state index is 0.270. The summed E-state index contributed by atoms with van der Waals surface area (Å²) in [6, 6.07) is 1.98. The molecule has 0 saturated carbocycles. The van der Waals surface area contributed by atoms with Gasteiger partial charge in [0, 0.05) is 19.3 Å². The number of pyridine rings is 1. The third-order valence-electron chi connectivity index (χ3n) is 2.56. The number of aryl methyl sites for hydroxylation is 1. The molecular formula is C12H19BrN2O. The minimum atomic E-state index is 0.270. The Bertz CT molecular complexity index is 331. The highest BCUT2D eigenvalue weighted by Crippen LogP contribution is 2.23. The van der Waals surface area contributed by atoms with E-state index in [9.17, 15) is 0 Å². The number of nitrogens with one attached hydrogen (secondary N) is 1. The van der Waals surface area contributed by atoms with Gasteiger partial charge >= 0.3 is 0 Å². The number of anilines is 1. The van der Waals surface area contributed by atoms with Crippen molar-refractivity contribution in [3.63, 3.8) is 0 Å². The quantitative estimate of drug-likeness (QED) is 0.791. The summed E-state index contributed by atoms with van der Waals surface area (Å²) < 4.78 is 1.03. The molecule has 0 amide bonds. The molecule has 3 nitrogen and oxygen atoms in total. The Morgan fingerprint density at radius 3 is 3.00 bits per heavy atom. The summed E-state index contributed by atoms with van der Waals surface area (Å²) in [5.41, 5.74) is 1.18. The van der Waals surface area contributed by atoms with Crippen molar-refractivity contribution >= 4 is 21.7 Å². The van der Waals surface area contributed by atoms with E-state index in [1.807, 2.05) is 13.0 Å². The van der Waals surface area contributed by atoms with Crippen LogP contribution in [0.25, 0.3) is 0 Å². The van der Waals surface area contributed by atoms with Gasteiger partial charge in [-0.15, -0.1) is 0 Å². The van der Waals surface area contributed by atoms with Gasteiger partial charge in [0.05, 0.1) is 4.47 Å². The van der Waals surface area contributed by atoms with Crippen LogP contribution in [-0.4, -0.2) is 23.2 Å². The number of aliphatic hydroxyl groups excluding tert-OH is 1. The number of hydrogen-bond acceptors (Lipinski definition) is 3. The Labute approximate surface area is 105 Å². The highest BCUT2D eigenvalue weighted by molar-refractivity contribution is 9.10. The smallest absolute Gasteiger partial charge is 0.140 e. The van der Waals surface area contributed by atoms with Crippen molar-refractivity contribution in [1.82, 2.24) is 4.98 Å². The monoisotopic (exact) mass is 286 g/mol. The number of nitrogens with zero attached hydrogens (tertiary/aromatic N) is 1. The standard InChI is InChI=1S/C12H19BrN2O/c1-9(8-16)4-3-6-14-12-11(13)10(2)5-7-15-12/h5,7,9,16H,3-4,6,8H2,1-2H3,(H,14,15). The molecule has 0 bridgehead atoms. The summed E-state index contributed by atoms with van der Waals surface area (Å²) >= 11 is 3.51. The first-order valence-corrected chi connectivity index (χ1v) is 6.40. The van der Waals surface area contributed by atoms with E-state index in [1.165, 1.54) is 5.56 Å². The van der Waals surface area contributed by atoms with Gasteiger partial charge in [0.2, 0.25) is 0 Å². The van der Waals surface area contributed by atoms with Crippen LogP contribution in [0.15, 0.2) is 16.7 Å². The van der Waals surface area contributed by atoms with E-state index in [0.717, 1.165) is 29.7 Å². The summed E-state index contributed by atoms with van der Waals surface area (Å²) in [4.78, 5) is 4.27. The molecule has 0 aromatic carbocycles. The first-order valence-electron chi connectivity index (χ1n) is 5.61. The molecule has 1 unspecified atom stereocenters. The average Bonchev–Trinajstić information content (AvgIpc) is 2.29. The zero-order valence-corrected chi connectivity index (χ0v) is 11.4. The van der Waals surface area contributed by atoms with Gasteiger partial charge in [0.1, 0.15) is 5.82 Å². The van der Waals surface area contributed by atoms with Gasteiger partial charge < -0.3 is 10.4 Å². The van der Waals surface area contributed by atoms with Gasteiger partial charge in [-0.25, -0.2) is 4.98 Å².